The first-order valence-electron chi connectivity index (χ1n) is 2.57. The van der Waals surface area contributed by atoms with Crippen molar-refractivity contribution in [3.8, 4) is 0 Å². The van der Waals surface area contributed by atoms with Gasteiger partial charge < -0.3 is 0 Å². The van der Waals surface area contributed by atoms with E-state index in [1.807, 2.05) is 23.9 Å². The van der Waals surface area contributed by atoms with E-state index in [1.165, 1.54) is 0 Å². The van der Waals surface area contributed by atoms with E-state index in [2.05, 4.69) is 0 Å². The number of allylic oxidation sites excluding steroid dienone is 4. The van der Waals surface area contributed by atoms with Crippen molar-refractivity contribution in [2.24, 2.45) is 0 Å². The van der Waals surface area contributed by atoms with Crippen LogP contribution in [0.3, 0.4) is 0 Å². The maximum atomic E-state index is 10.8. The molecule has 1 aliphatic rings. The second-order valence-electron chi connectivity index (χ2n) is 1.79. The molecular weight excluding hydrogens is 210 g/mol. The van der Waals surface area contributed by atoms with Crippen LogP contribution in [0.4, 0.5) is 0 Å². The quantitative estimate of drug-likeness (QED) is 0.663. The van der Waals surface area contributed by atoms with Gasteiger partial charge in [-0.15, -0.1) is 24.8 Å². The topological polar surface area (TPSA) is 17.1 Å². The van der Waals surface area contributed by atoms with E-state index in [0.29, 0.717) is 0 Å². The summed E-state index contributed by atoms with van der Waals surface area (Å²) in [4.78, 5) is 0. The molecule has 1 aliphatic carbocycles. The SMILES string of the molecule is Cl.Cl.[CH3][V](=[O])[C]1=CC=CC1. The van der Waals surface area contributed by atoms with Crippen molar-refractivity contribution in [1.82, 2.24) is 0 Å². The average Bonchev–Trinajstić information content (AvgIpc) is 2.12. The average molecular weight is 220 g/mol. The van der Waals surface area contributed by atoms with Crippen LogP contribution in [0, 0.1) is 0 Å². The summed E-state index contributed by atoms with van der Waals surface area (Å²) in [5.41, 5.74) is 1.83. The van der Waals surface area contributed by atoms with Crippen LogP contribution in [0.5, 0.6) is 0 Å². The summed E-state index contributed by atoms with van der Waals surface area (Å²) in [6, 6.07) is 0. The fourth-order valence-corrected chi connectivity index (χ4v) is 1.70. The Bertz CT molecular complexity index is 175. The third-order valence-electron chi connectivity index (χ3n) is 1.16. The molecule has 0 heterocycles. The van der Waals surface area contributed by atoms with Gasteiger partial charge in [-0.05, 0) is 0 Å². The number of hydrogen-bond acceptors (Lipinski definition) is 1. The van der Waals surface area contributed by atoms with Crippen LogP contribution < -0.4 is 0 Å². The second kappa shape index (κ2) is 6.17. The van der Waals surface area contributed by atoms with Crippen LogP contribution in [0.25, 0.3) is 0 Å². The summed E-state index contributed by atoms with van der Waals surface area (Å²) >= 11 is -1.73. The molecule has 0 spiro atoms. The predicted molar refractivity (Wildman–Crippen MR) is 42.9 cm³/mol. The minimum absolute atomic E-state index is 0. The Kier molecular flexibility index (Phi) is 8.07. The van der Waals surface area contributed by atoms with Crippen molar-refractivity contribution in [3.05, 3.63) is 22.5 Å². The fourth-order valence-electron chi connectivity index (χ4n) is 0.669. The van der Waals surface area contributed by atoms with Gasteiger partial charge >= 0.3 is 53.4 Å². The molecule has 0 amide bonds. The zero-order valence-corrected chi connectivity index (χ0v) is 8.64. The molecule has 59 valence electrons. The predicted octanol–water partition coefficient (Wildman–Crippen LogP) is 2.69. The summed E-state index contributed by atoms with van der Waals surface area (Å²) in [5, 5.41) is 0. The molecular formula is C6H10Cl2OV. The van der Waals surface area contributed by atoms with E-state index in [-0.39, 0.29) is 24.8 Å². The van der Waals surface area contributed by atoms with Crippen LogP contribution in [0.2, 0.25) is 5.64 Å². The monoisotopic (exact) mass is 219 g/mol. The number of hydrogen-bond donors (Lipinski definition) is 0. The van der Waals surface area contributed by atoms with Crippen LogP contribution >= 0.6 is 24.8 Å². The molecule has 0 saturated carbocycles. The Morgan fingerprint density at radius 2 is 2.10 bits per heavy atom. The third kappa shape index (κ3) is 3.57. The van der Waals surface area contributed by atoms with Crippen molar-refractivity contribution in [1.29, 1.82) is 0 Å². The van der Waals surface area contributed by atoms with Gasteiger partial charge in [0.05, 0.1) is 0 Å². The Morgan fingerprint density at radius 3 is 2.30 bits per heavy atom. The minimum atomic E-state index is -1.73. The summed E-state index contributed by atoms with van der Waals surface area (Å²) in [6.07, 6.45) is 6.91. The molecule has 0 N–H and O–H groups in total. The molecule has 4 heteroatoms. The first-order chi connectivity index (χ1) is 3.80. The van der Waals surface area contributed by atoms with Gasteiger partial charge in [0.15, 0.2) is 0 Å². The van der Waals surface area contributed by atoms with Crippen LogP contribution in [-0.2, 0) is 18.8 Å². The Labute approximate surface area is 78.1 Å². The molecule has 0 fully saturated rings. The normalized spacial score (nSPS) is 13.1. The van der Waals surface area contributed by atoms with Gasteiger partial charge in [0.1, 0.15) is 0 Å². The van der Waals surface area contributed by atoms with E-state index in [1.54, 1.807) is 0 Å². The summed E-state index contributed by atoms with van der Waals surface area (Å²) < 4.78 is 11.9. The van der Waals surface area contributed by atoms with Gasteiger partial charge in [0, 0.05) is 0 Å². The van der Waals surface area contributed by atoms with E-state index >= 15 is 0 Å². The van der Waals surface area contributed by atoms with Crippen molar-refractivity contribution >= 4 is 24.8 Å². The fraction of sp³-hybridized carbons (Fsp3) is 0.333. The van der Waals surface area contributed by atoms with Crippen molar-refractivity contribution in [3.63, 3.8) is 0 Å². The van der Waals surface area contributed by atoms with Gasteiger partial charge in [0.25, 0.3) is 0 Å². The zero-order valence-electron chi connectivity index (χ0n) is 5.61. The molecule has 0 aromatic heterocycles. The standard InChI is InChI=1S/C5H5.CH3.2ClH.O.V/c1-2-4-5-3-1;;;;;/h1-3H,4H2;1H3;2*1H;;. The molecule has 0 unspecified atom stereocenters. The van der Waals surface area contributed by atoms with Crippen molar-refractivity contribution in [2.75, 3.05) is 0 Å². The molecule has 1 rings (SSSR count). The van der Waals surface area contributed by atoms with Gasteiger partial charge in [-0.2, -0.15) is 0 Å². The van der Waals surface area contributed by atoms with Crippen molar-refractivity contribution in [2.45, 2.75) is 12.1 Å². The summed E-state index contributed by atoms with van der Waals surface area (Å²) in [7, 11) is 0. The Balaban J connectivity index is 0. The van der Waals surface area contributed by atoms with Crippen LogP contribution in [0.15, 0.2) is 22.5 Å². The second-order valence-corrected chi connectivity index (χ2v) is 4.24. The number of halogens is 2. The first kappa shape index (κ1) is 13.1. The Hall–Kier alpha value is 0.444. The molecule has 0 aromatic carbocycles. The van der Waals surface area contributed by atoms with Gasteiger partial charge in [-0.1, -0.05) is 0 Å². The van der Waals surface area contributed by atoms with E-state index in [4.69, 9.17) is 0 Å². The molecule has 0 atom stereocenters. The first-order valence-corrected chi connectivity index (χ1v) is 5.24. The van der Waals surface area contributed by atoms with Gasteiger partial charge in [0.2, 0.25) is 0 Å². The van der Waals surface area contributed by atoms with Crippen LogP contribution in [0.1, 0.15) is 6.42 Å². The van der Waals surface area contributed by atoms with E-state index < -0.39 is 15.1 Å². The molecule has 0 bridgehead atoms. The van der Waals surface area contributed by atoms with E-state index in [9.17, 15) is 3.67 Å². The third-order valence-corrected chi connectivity index (χ3v) is 2.94. The maximum absolute atomic E-state index is 10.8. The van der Waals surface area contributed by atoms with Gasteiger partial charge in [-0.25, -0.2) is 0 Å². The summed E-state index contributed by atoms with van der Waals surface area (Å²) in [6.45, 7) is 0. The molecule has 1 nitrogen and oxygen atoms in total. The number of rotatable bonds is 1. The molecule has 10 heavy (non-hydrogen) atoms. The summed E-state index contributed by atoms with van der Waals surface area (Å²) in [5.74, 6) is 0. The molecule has 0 aliphatic heterocycles. The Morgan fingerprint density at radius 1 is 1.50 bits per heavy atom. The zero-order chi connectivity index (χ0) is 5.98. The molecule has 0 radical (unpaired) electrons. The van der Waals surface area contributed by atoms with Crippen molar-refractivity contribution < 1.29 is 18.8 Å². The van der Waals surface area contributed by atoms with Gasteiger partial charge in [-0.3, -0.25) is 0 Å². The molecule has 0 aromatic rings. The molecule has 0 saturated heterocycles. The van der Waals surface area contributed by atoms with E-state index in [0.717, 1.165) is 10.7 Å². The van der Waals surface area contributed by atoms with Crippen LogP contribution in [-0.4, -0.2) is 0 Å².